The smallest absolute Gasteiger partial charge is 0.240 e. The van der Waals surface area contributed by atoms with Crippen LogP contribution in [0.2, 0.25) is 0 Å². The van der Waals surface area contributed by atoms with Gasteiger partial charge in [-0.1, -0.05) is 12.1 Å². The SMILES string of the molecule is CC(=O)c1ccc(S(=O)(=O)NCc2nc(C)cc(N3CCOCC3)n2)cc1. The molecule has 27 heavy (non-hydrogen) atoms. The third-order valence-electron chi connectivity index (χ3n) is 4.21. The molecule has 0 amide bonds. The van der Waals surface area contributed by atoms with Gasteiger partial charge in [0.15, 0.2) is 5.78 Å². The first-order valence-electron chi connectivity index (χ1n) is 8.63. The normalized spacial score (nSPS) is 15.0. The maximum Gasteiger partial charge on any atom is 0.240 e. The number of carbonyl (C=O) groups excluding carboxylic acids is 1. The number of nitrogens with one attached hydrogen (secondary N) is 1. The first-order chi connectivity index (χ1) is 12.8. The molecule has 0 atom stereocenters. The molecule has 0 unspecified atom stereocenters. The van der Waals surface area contributed by atoms with Crippen LogP contribution in [-0.4, -0.2) is 50.5 Å². The van der Waals surface area contributed by atoms with Crippen molar-refractivity contribution in [1.82, 2.24) is 14.7 Å². The number of benzene rings is 1. The third-order valence-corrected chi connectivity index (χ3v) is 5.63. The van der Waals surface area contributed by atoms with Crippen molar-refractivity contribution in [3.63, 3.8) is 0 Å². The van der Waals surface area contributed by atoms with Gasteiger partial charge in [-0.2, -0.15) is 0 Å². The van der Waals surface area contributed by atoms with Crippen LogP contribution in [-0.2, 0) is 21.3 Å². The molecule has 8 nitrogen and oxygen atoms in total. The average Bonchev–Trinajstić information content (AvgIpc) is 2.67. The monoisotopic (exact) mass is 390 g/mol. The molecule has 144 valence electrons. The number of morpholine rings is 1. The lowest BCUT2D eigenvalue weighted by Crippen LogP contribution is -2.37. The lowest BCUT2D eigenvalue weighted by atomic mass is 10.2. The molecule has 1 aliphatic rings. The molecule has 0 saturated carbocycles. The number of ether oxygens (including phenoxy) is 1. The fourth-order valence-corrected chi connectivity index (χ4v) is 3.74. The van der Waals surface area contributed by atoms with E-state index in [1.165, 1.54) is 31.2 Å². The molecule has 2 aromatic rings. The van der Waals surface area contributed by atoms with Crippen LogP contribution >= 0.6 is 0 Å². The maximum absolute atomic E-state index is 12.5. The Balaban J connectivity index is 1.73. The van der Waals surface area contributed by atoms with Crippen molar-refractivity contribution in [3.8, 4) is 0 Å². The van der Waals surface area contributed by atoms with Crippen LogP contribution in [0.15, 0.2) is 35.2 Å². The minimum atomic E-state index is -3.73. The summed E-state index contributed by atoms with van der Waals surface area (Å²) in [5, 5.41) is 0. The van der Waals surface area contributed by atoms with Gasteiger partial charge in [-0.15, -0.1) is 0 Å². The highest BCUT2D eigenvalue weighted by molar-refractivity contribution is 7.89. The number of anilines is 1. The Hall–Kier alpha value is -2.36. The fourth-order valence-electron chi connectivity index (χ4n) is 2.76. The van der Waals surface area contributed by atoms with Gasteiger partial charge >= 0.3 is 0 Å². The van der Waals surface area contributed by atoms with Crippen LogP contribution < -0.4 is 9.62 Å². The number of hydrogen-bond donors (Lipinski definition) is 1. The van der Waals surface area contributed by atoms with Crippen LogP contribution in [0.1, 0.15) is 28.8 Å². The number of hydrogen-bond acceptors (Lipinski definition) is 7. The number of ketones is 1. The van der Waals surface area contributed by atoms with Crippen molar-refractivity contribution in [2.45, 2.75) is 25.3 Å². The van der Waals surface area contributed by atoms with Crippen molar-refractivity contribution in [2.24, 2.45) is 0 Å². The summed E-state index contributed by atoms with van der Waals surface area (Å²) in [6.07, 6.45) is 0. The number of rotatable bonds is 6. The Morgan fingerprint density at radius 3 is 2.48 bits per heavy atom. The summed E-state index contributed by atoms with van der Waals surface area (Å²) in [5.74, 6) is 1.06. The summed E-state index contributed by atoms with van der Waals surface area (Å²) in [5.41, 5.74) is 1.23. The Morgan fingerprint density at radius 1 is 1.19 bits per heavy atom. The number of aryl methyl sites for hydroxylation is 1. The zero-order valence-electron chi connectivity index (χ0n) is 15.3. The summed E-state index contributed by atoms with van der Waals surface area (Å²) >= 11 is 0. The zero-order valence-corrected chi connectivity index (χ0v) is 16.1. The van der Waals surface area contributed by atoms with Crippen LogP contribution in [0.3, 0.4) is 0 Å². The van der Waals surface area contributed by atoms with Crippen molar-refractivity contribution < 1.29 is 17.9 Å². The third kappa shape index (κ3) is 4.88. The van der Waals surface area contributed by atoms with E-state index in [0.29, 0.717) is 24.6 Å². The Labute approximate surface area is 158 Å². The van der Waals surface area contributed by atoms with Crippen LogP contribution in [0.4, 0.5) is 5.82 Å². The molecular weight excluding hydrogens is 368 g/mol. The Kier molecular flexibility index (Phi) is 5.83. The number of Topliss-reactive ketones (excluding diaryl/α,β-unsaturated/α-hetero) is 1. The first kappa shape index (κ1) is 19.4. The van der Waals surface area contributed by atoms with Crippen LogP contribution in [0, 0.1) is 6.92 Å². The quantitative estimate of drug-likeness (QED) is 0.742. The standard InChI is InChI=1S/C18H22N4O4S/c1-13-11-18(22-7-9-26-10-8-22)21-17(20-13)12-19-27(24,25)16-5-3-15(4-6-16)14(2)23/h3-6,11,19H,7-10,12H2,1-2H3. The number of aromatic nitrogens is 2. The molecule has 0 radical (unpaired) electrons. The van der Waals surface area contributed by atoms with E-state index in [-0.39, 0.29) is 17.2 Å². The lowest BCUT2D eigenvalue weighted by Gasteiger charge is -2.28. The molecule has 1 N–H and O–H groups in total. The van der Waals surface area contributed by atoms with Gasteiger partial charge in [0, 0.05) is 30.4 Å². The molecule has 0 aliphatic carbocycles. The second kappa shape index (κ2) is 8.12. The van der Waals surface area contributed by atoms with Gasteiger partial charge in [0.05, 0.1) is 24.7 Å². The van der Waals surface area contributed by atoms with E-state index in [9.17, 15) is 13.2 Å². The van der Waals surface area contributed by atoms with Crippen LogP contribution in [0.25, 0.3) is 0 Å². The van der Waals surface area contributed by atoms with E-state index < -0.39 is 10.0 Å². The molecule has 0 spiro atoms. The second-order valence-corrected chi connectivity index (χ2v) is 8.06. The molecule has 3 rings (SSSR count). The largest absolute Gasteiger partial charge is 0.378 e. The van der Waals surface area contributed by atoms with Crippen molar-refractivity contribution in [1.29, 1.82) is 0 Å². The topological polar surface area (TPSA) is 101 Å². The van der Waals surface area contributed by atoms with Crippen LogP contribution in [0.5, 0.6) is 0 Å². The van der Waals surface area contributed by atoms with Gasteiger partial charge < -0.3 is 9.64 Å². The first-order valence-corrected chi connectivity index (χ1v) is 10.1. The molecule has 0 bridgehead atoms. The van der Waals surface area contributed by atoms with E-state index in [1.807, 2.05) is 13.0 Å². The molecular formula is C18H22N4O4S. The summed E-state index contributed by atoms with van der Waals surface area (Å²) in [7, 11) is -3.73. The molecule has 1 saturated heterocycles. The summed E-state index contributed by atoms with van der Waals surface area (Å²) in [6.45, 7) is 6.03. The van der Waals surface area contributed by atoms with Gasteiger partial charge in [0.2, 0.25) is 10.0 Å². The molecule has 1 aromatic heterocycles. The van der Waals surface area contributed by atoms with Gasteiger partial charge in [-0.25, -0.2) is 23.1 Å². The van der Waals surface area contributed by atoms with Gasteiger partial charge in [-0.3, -0.25) is 4.79 Å². The molecule has 1 fully saturated rings. The summed E-state index contributed by atoms with van der Waals surface area (Å²) < 4.78 is 32.8. The number of sulfonamides is 1. The Bertz CT molecular complexity index is 923. The van der Waals surface area contributed by atoms with E-state index in [4.69, 9.17) is 4.74 Å². The zero-order chi connectivity index (χ0) is 19.4. The lowest BCUT2D eigenvalue weighted by molar-refractivity contribution is 0.101. The van der Waals surface area contributed by atoms with E-state index in [0.717, 1.165) is 24.6 Å². The molecule has 1 aromatic carbocycles. The Morgan fingerprint density at radius 2 is 1.85 bits per heavy atom. The average molecular weight is 390 g/mol. The highest BCUT2D eigenvalue weighted by Gasteiger charge is 2.17. The van der Waals surface area contributed by atoms with E-state index in [2.05, 4.69) is 19.6 Å². The highest BCUT2D eigenvalue weighted by atomic mass is 32.2. The fraction of sp³-hybridized carbons (Fsp3) is 0.389. The van der Waals surface area contributed by atoms with Gasteiger partial charge in [0.25, 0.3) is 0 Å². The molecule has 1 aliphatic heterocycles. The predicted octanol–water partition coefficient (Wildman–Crippen LogP) is 1.30. The van der Waals surface area contributed by atoms with E-state index >= 15 is 0 Å². The molecule has 2 heterocycles. The van der Waals surface area contributed by atoms with Crippen molar-refractivity contribution in [2.75, 3.05) is 31.2 Å². The molecule has 9 heteroatoms. The maximum atomic E-state index is 12.5. The minimum absolute atomic E-state index is 0.0180. The van der Waals surface area contributed by atoms with Crippen molar-refractivity contribution >= 4 is 21.6 Å². The van der Waals surface area contributed by atoms with Crippen molar-refractivity contribution in [3.05, 3.63) is 47.4 Å². The number of nitrogens with zero attached hydrogens (tertiary/aromatic N) is 3. The summed E-state index contributed by atoms with van der Waals surface area (Å²) in [6, 6.07) is 7.70. The minimum Gasteiger partial charge on any atom is -0.378 e. The van der Waals surface area contributed by atoms with E-state index in [1.54, 1.807) is 0 Å². The van der Waals surface area contributed by atoms with Gasteiger partial charge in [-0.05, 0) is 26.0 Å². The second-order valence-electron chi connectivity index (χ2n) is 6.29. The predicted molar refractivity (Wildman–Crippen MR) is 100 cm³/mol. The summed E-state index contributed by atoms with van der Waals surface area (Å²) in [4.78, 5) is 22.3. The van der Waals surface area contributed by atoms with Gasteiger partial charge in [0.1, 0.15) is 11.6 Å². The highest BCUT2D eigenvalue weighted by Crippen LogP contribution is 2.15. The number of carbonyl (C=O) groups is 1.